The van der Waals surface area contributed by atoms with Crippen LogP contribution < -0.4 is 0 Å². The first kappa shape index (κ1) is 13.1. The minimum absolute atomic E-state index is 0.0172. The van der Waals surface area contributed by atoms with Crippen molar-refractivity contribution in [3.05, 3.63) is 10.4 Å². The van der Waals surface area contributed by atoms with Crippen molar-refractivity contribution >= 4 is 12.1 Å². The fraction of sp³-hybridized carbons (Fsp3) is 0.778. The summed E-state index contributed by atoms with van der Waals surface area (Å²) in [5, 5.41) is 21.6. The Labute approximate surface area is 97.5 Å². The molecular weight excluding hydrogens is 228 g/mol. The predicted molar refractivity (Wildman–Crippen MR) is 57.6 cm³/mol. The number of rotatable bonds is 4. The molecule has 1 amide bonds. The molecule has 0 saturated carbocycles. The van der Waals surface area contributed by atoms with E-state index in [1.165, 1.54) is 0 Å². The lowest BCUT2D eigenvalue weighted by atomic mass is 9.88. The molecule has 2 atom stereocenters. The number of carboxylic acids is 1. The molecule has 0 bridgehead atoms. The van der Waals surface area contributed by atoms with Crippen molar-refractivity contribution in [1.29, 1.82) is 0 Å². The minimum Gasteiger partial charge on any atom is -0.481 e. The van der Waals surface area contributed by atoms with E-state index < -0.39 is 23.6 Å². The van der Waals surface area contributed by atoms with Gasteiger partial charge in [-0.05, 0) is 18.4 Å². The number of hydrogen-bond donors (Lipinski definition) is 2. The zero-order valence-electron chi connectivity index (χ0n) is 9.41. The van der Waals surface area contributed by atoms with E-state index in [0.717, 1.165) is 4.90 Å². The Bertz CT molecular complexity index is 375. The van der Waals surface area contributed by atoms with Crippen LogP contribution in [0.25, 0.3) is 10.4 Å². The van der Waals surface area contributed by atoms with Crippen molar-refractivity contribution in [2.24, 2.45) is 5.11 Å². The maximum absolute atomic E-state index is 11.3. The monoisotopic (exact) mass is 242 g/mol. The number of carbonyl (C=O) groups is 2. The molecule has 0 aromatic heterocycles. The standard InChI is InChI=1S/C9H14N4O4/c1-2-3-6-9(7(14)15,11-12-10)4-5-13(6)8(16)17/h6H,2-5H2,1H3,(H,14,15)(H,16,17). The van der Waals surface area contributed by atoms with E-state index in [1.54, 1.807) is 0 Å². The normalized spacial score (nSPS) is 27.6. The number of likely N-dealkylation sites (tertiary alicyclic amines) is 1. The van der Waals surface area contributed by atoms with Gasteiger partial charge in [0.15, 0.2) is 5.54 Å². The van der Waals surface area contributed by atoms with Crippen LogP contribution >= 0.6 is 0 Å². The van der Waals surface area contributed by atoms with Gasteiger partial charge in [-0.25, -0.2) is 4.79 Å². The molecule has 1 rings (SSSR count). The lowest BCUT2D eigenvalue weighted by Gasteiger charge is -2.29. The second kappa shape index (κ2) is 4.92. The van der Waals surface area contributed by atoms with Gasteiger partial charge in [0, 0.05) is 11.5 Å². The second-order valence-corrected chi connectivity index (χ2v) is 3.95. The van der Waals surface area contributed by atoms with Crippen LogP contribution in [0.15, 0.2) is 5.11 Å². The van der Waals surface area contributed by atoms with Gasteiger partial charge in [0.1, 0.15) is 0 Å². The first-order valence-corrected chi connectivity index (χ1v) is 5.28. The summed E-state index contributed by atoms with van der Waals surface area (Å²) < 4.78 is 0. The smallest absolute Gasteiger partial charge is 0.407 e. The Morgan fingerprint density at radius 2 is 2.24 bits per heavy atom. The third kappa shape index (κ3) is 2.12. The van der Waals surface area contributed by atoms with E-state index in [1.807, 2.05) is 6.92 Å². The van der Waals surface area contributed by atoms with Gasteiger partial charge < -0.3 is 15.1 Å². The Morgan fingerprint density at radius 3 is 2.65 bits per heavy atom. The van der Waals surface area contributed by atoms with Crippen LogP contribution in [-0.2, 0) is 4.79 Å². The van der Waals surface area contributed by atoms with Crippen molar-refractivity contribution in [1.82, 2.24) is 4.90 Å². The van der Waals surface area contributed by atoms with E-state index in [2.05, 4.69) is 10.0 Å². The molecule has 1 aliphatic rings. The maximum atomic E-state index is 11.3. The quantitative estimate of drug-likeness (QED) is 0.441. The van der Waals surface area contributed by atoms with Gasteiger partial charge in [-0.2, -0.15) is 0 Å². The average Bonchev–Trinajstić information content (AvgIpc) is 2.60. The van der Waals surface area contributed by atoms with Gasteiger partial charge in [0.2, 0.25) is 0 Å². The fourth-order valence-corrected chi connectivity index (χ4v) is 2.26. The van der Waals surface area contributed by atoms with E-state index >= 15 is 0 Å². The molecule has 0 aromatic rings. The molecule has 1 aliphatic heterocycles. The highest BCUT2D eigenvalue weighted by atomic mass is 16.4. The molecule has 2 N–H and O–H groups in total. The van der Waals surface area contributed by atoms with Crippen molar-refractivity contribution in [2.75, 3.05) is 6.54 Å². The molecule has 94 valence electrons. The predicted octanol–water partition coefficient (Wildman–Crippen LogP) is 1.67. The minimum atomic E-state index is -1.66. The first-order chi connectivity index (χ1) is 7.99. The van der Waals surface area contributed by atoms with Crippen LogP contribution in [0.3, 0.4) is 0 Å². The van der Waals surface area contributed by atoms with E-state index in [0.29, 0.717) is 12.8 Å². The summed E-state index contributed by atoms with van der Waals surface area (Å²) in [7, 11) is 0. The van der Waals surface area contributed by atoms with Gasteiger partial charge in [0.05, 0.1) is 6.04 Å². The Kier molecular flexibility index (Phi) is 3.80. The number of aliphatic carboxylic acids is 1. The van der Waals surface area contributed by atoms with Crippen molar-refractivity contribution < 1.29 is 19.8 Å². The van der Waals surface area contributed by atoms with Gasteiger partial charge in [-0.1, -0.05) is 18.5 Å². The van der Waals surface area contributed by atoms with Crippen molar-refractivity contribution in [3.8, 4) is 0 Å². The zero-order valence-corrected chi connectivity index (χ0v) is 9.41. The van der Waals surface area contributed by atoms with Crippen LogP contribution in [0.1, 0.15) is 26.2 Å². The summed E-state index contributed by atoms with van der Waals surface area (Å²) in [4.78, 5) is 25.9. The van der Waals surface area contributed by atoms with E-state index in [-0.39, 0.29) is 13.0 Å². The van der Waals surface area contributed by atoms with Crippen LogP contribution in [0, 0.1) is 0 Å². The lowest BCUT2D eigenvalue weighted by Crippen LogP contribution is -2.50. The zero-order chi connectivity index (χ0) is 13.1. The first-order valence-electron chi connectivity index (χ1n) is 5.28. The number of nitrogens with zero attached hydrogens (tertiary/aromatic N) is 4. The lowest BCUT2D eigenvalue weighted by molar-refractivity contribution is -0.144. The summed E-state index contributed by atoms with van der Waals surface area (Å²) in [6.45, 7) is 1.90. The van der Waals surface area contributed by atoms with Gasteiger partial charge in [-0.3, -0.25) is 4.79 Å². The van der Waals surface area contributed by atoms with Gasteiger partial charge in [-0.15, -0.1) is 0 Å². The third-order valence-corrected chi connectivity index (χ3v) is 3.06. The molecule has 8 nitrogen and oxygen atoms in total. The molecule has 17 heavy (non-hydrogen) atoms. The summed E-state index contributed by atoms with van der Waals surface area (Å²) in [6.07, 6.45) is -0.189. The molecule has 1 heterocycles. The highest BCUT2D eigenvalue weighted by molar-refractivity contribution is 5.82. The second-order valence-electron chi connectivity index (χ2n) is 3.95. The van der Waals surface area contributed by atoms with Crippen LogP contribution in [0.5, 0.6) is 0 Å². The van der Waals surface area contributed by atoms with Gasteiger partial charge in [0.25, 0.3) is 0 Å². The Morgan fingerprint density at radius 1 is 1.59 bits per heavy atom. The highest BCUT2D eigenvalue weighted by Crippen LogP contribution is 2.35. The number of carboxylic acid groups (broad SMARTS) is 2. The number of azide groups is 1. The molecular formula is C9H14N4O4. The Balaban J connectivity index is 3.16. The summed E-state index contributed by atoms with van der Waals surface area (Å²) in [5.74, 6) is -1.27. The molecule has 0 spiro atoms. The van der Waals surface area contributed by atoms with Crippen LogP contribution in [-0.4, -0.2) is 45.3 Å². The molecule has 0 radical (unpaired) electrons. The summed E-state index contributed by atoms with van der Waals surface area (Å²) in [6, 6.07) is -0.793. The van der Waals surface area contributed by atoms with Crippen molar-refractivity contribution in [3.63, 3.8) is 0 Å². The molecule has 1 fully saturated rings. The van der Waals surface area contributed by atoms with Crippen molar-refractivity contribution in [2.45, 2.75) is 37.8 Å². The van der Waals surface area contributed by atoms with E-state index in [4.69, 9.17) is 10.6 Å². The third-order valence-electron chi connectivity index (χ3n) is 3.06. The SMILES string of the molecule is CCCC1N(C(=O)O)CCC1(N=[N+]=[N-])C(=O)O. The highest BCUT2D eigenvalue weighted by Gasteiger charge is 2.54. The molecule has 1 saturated heterocycles. The summed E-state index contributed by atoms with van der Waals surface area (Å²) in [5.41, 5.74) is 6.82. The van der Waals surface area contributed by atoms with Gasteiger partial charge >= 0.3 is 12.1 Å². The van der Waals surface area contributed by atoms with E-state index in [9.17, 15) is 14.7 Å². The maximum Gasteiger partial charge on any atom is 0.407 e. The number of hydrogen-bond acceptors (Lipinski definition) is 3. The fourth-order valence-electron chi connectivity index (χ4n) is 2.26. The van der Waals surface area contributed by atoms with Crippen LogP contribution in [0.4, 0.5) is 4.79 Å². The topological polar surface area (TPSA) is 127 Å². The Hall–Kier alpha value is -1.95. The average molecular weight is 242 g/mol. The van der Waals surface area contributed by atoms with Crippen LogP contribution in [0.2, 0.25) is 0 Å². The molecule has 8 heteroatoms. The number of amides is 1. The molecule has 2 unspecified atom stereocenters. The summed E-state index contributed by atoms with van der Waals surface area (Å²) >= 11 is 0. The largest absolute Gasteiger partial charge is 0.481 e. The molecule has 0 aromatic carbocycles. The molecule has 0 aliphatic carbocycles.